The van der Waals surface area contributed by atoms with Crippen LogP contribution in [0.15, 0.2) is 47.4 Å². The van der Waals surface area contributed by atoms with Crippen molar-refractivity contribution in [3.05, 3.63) is 64.7 Å². The predicted molar refractivity (Wildman–Crippen MR) is 140 cm³/mol. The van der Waals surface area contributed by atoms with Crippen molar-refractivity contribution in [1.82, 2.24) is 15.4 Å². The molecule has 1 amide bonds. The number of hydrogen-bond acceptors (Lipinski definition) is 4. The van der Waals surface area contributed by atoms with Crippen LogP contribution < -0.4 is 15.4 Å². The SMILES string of the molecule is C#CC[C@@H](CC(=O)N[C@@H]1CCCc2cc(CNC(C)(C)C)ccc21)NS(=O)(=O)c1cccc(C(F)(F)F)c1. The third-order valence-electron chi connectivity index (χ3n) is 6.27. The molecule has 0 aliphatic heterocycles. The topological polar surface area (TPSA) is 87.3 Å². The molecule has 2 aromatic carbocycles. The maximum absolute atomic E-state index is 13.0. The van der Waals surface area contributed by atoms with E-state index in [2.05, 4.69) is 48.1 Å². The van der Waals surface area contributed by atoms with Crippen LogP contribution in [0, 0.1) is 12.3 Å². The smallest absolute Gasteiger partial charge is 0.349 e. The molecule has 1 aliphatic carbocycles. The molecule has 0 aromatic heterocycles. The van der Waals surface area contributed by atoms with Gasteiger partial charge in [0, 0.05) is 31.0 Å². The molecule has 206 valence electrons. The van der Waals surface area contributed by atoms with E-state index in [-0.39, 0.29) is 24.4 Å². The van der Waals surface area contributed by atoms with Crippen molar-refractivity contribution in [1.29, 1.82) is 0 Å². The zero-order chi connectivity index (χ0) is 28.1. The Morgan fingerprint density at radius 1 is 1.16 bits per heavy atom. The minimum absolute atomic E-state index is 0.00993. The number of amides is 1. The van der Waals surface area contributed by atoms with Crippen LogP contribution >= 0.6 is 0 Å². The summed E-state index contributed by atoms with van der Waals surface area (Å²) in [6.45, 7) is 7.03. The van der Waals surface area contributed by atoms with Gasteiger partial charge >= 0.3 is 6.18 Å². The van der Waals surface area contributed by atoms with Gasteiger partial charge in [-0.3, -0.25) is 4.79 Å². The molecular formula is C28H34F3N3O3S. The number of halogens is 3. The molecule has 10 heteroatoms. The molecule has 0 saturated heterocycles. The summed E-state index contributed by atoms with van der Waals surface area (Å²) in [5.74, 6) is 1.94. The standard InChI is InChI=1S/C28H34F3N3O3S/c1-5-8-22(34-38(36,37)23-11-7-10-21(16-23)28(29,30)31)17-26(35)33-25-12-6-9-20-15-19(13-14-24(20)25)18-32-27(2,3)4/h1,7,10-11,13-16,22,25,32,34H,6,8-9,12,17-18H2,2-4H3,(H,33,35)/t22-,25+/m0/s1. The predicted octanol–water partition coefficient (Wildman–Crippen LogP) is 4.85. The summed E-state index contributed by atoms with van der Waals surface area (Å²) in [5, 5.41) is 6.45. The highest BCUT2D eigenvalue weighted by atomic mass is 32.2. The van der Waals surface area contributed by atoms with E-state index in [4.69, 9.17) is 6.42 Å². The van der Waals surface area contributed by atoms with Crippen LogP contribution in [0.25, 0.3) is 0 Å². The number of carbonyl (C=O) groups is 1. The monoisotopic (exact) mass is 549 g/mol. The average molecular weight is 550 g/mol. The van der Waals surface area contributed by atoms with Gasteiger partial charge in [0.05, 0.1) is 16.5 Å². The molecule has 3 rings (SSSR count). The van der Waals surface area contributed by atoms with Gasteiger partial charge in [-0.2, -0.15) is 13.2 Å². The third-order valence-corrected chi connectivity index (χ3v) is 7.79. The summed E-state index contributed by atoms with van der Waals surface area (Å²) >= 11 is 0. The highest BCUT2D eigenvalue weighted by Gasteiger charge is 2.32. The van der Waals surface area contributed by atoms with Crippen LogP contribution in [0.2, 0.25) is 0 Å². The number of terminal acetylenes is 1. The second kappa shape index (κ2) is 11.9. The summed E-state index contributed by atoms with van der Waals surface area (Å²) in [6.07, 6.45) is 2.89. The maximum atomic E-state index is 13.0. The van der Waals surface area contributed by atoms with Crippen LogP contribution in [0.3, 0.4) is 0 Å². The van der Waals surface area contributed by atoms with E-state index >= 15 is 0 Å². The van der Waals surface area contributed by atoms with E-state index in [0.717, 1.165) is 55.1 Å². The highest BCUT2D eigenvalue weighted by Crippen LogP contribution is 2.32. The lowest BCUT2D eigenvalue weighted by Crippen LogP contribution is -2.40. The quantitative estimate of drug-likeness (QED) is 0.391. The van der Waals surface area contributed by atoms with Crippen molar-refractivity contribution in [2.75, 3.05) is 0 Å². The van der Waals surface area contributed by atoms with Gasteiger partial charge in [0.15, 0.2) is 0 Å². The molecule has 0 fully saturated rings. The summed E-state index contributed by atoms with van der Waals surface area (Å²) in [4.78, 5) is 12.4. The van der Waals surface area contributed by atoms with Crippen LogP contribution in [0.4, 0.5) is 13.2 Å². The first kappa shape index (κ1) is 29.7. The molecule has 2 aromatic rings. The summed E-state index contributed by atoms with van der Waals surface area (Å²) in [7, 11) is -4.34. The molecule has 0 saturated carbocycles. The van der Waals surface area contributed by atoms with Gasteiger partial charge in [0.1, 0.15) is 0 Å². The Labute approximate surface area is 222 Å². The first-order chi connectivity index (χ1) is 17.7. The molecule has 0 bridgehead atoms. The second-order valence-corrected chi connectivity index (χ2v) is 12.3. The van der Waals surface area contributed by atoms with Crippen LogP contribution in [-0.2, 0) is 34.0 Å². The molecule has 38 heavy (non-hydrogen) atoms. The van der Waals surface area contributed by atoms with E-state index in [0.29, 0.717) is 6.07 Å². The molecule has 0 unspecified atom stereocenters. The number of benzene rings is 2. The second-order valence-electron chi connectivity index (χ2n) is 10.6. The maximum Gasteiger partial charge on any atom is 0.416 e. The number of aryl methyl sites for hydroxylation is 1. The minimum Gasteiger partial charge on any atom is -0.349 e. The number of alkyl halides is 3. The molecule has 2 atom stereocenters. The third kappa shape index (κ3) is 8.32. The number of fused-ring (bicyclic) bond motifs is 1. The fraction of sp³-hybridized carbons (Fsp3) is 0.464. The van der Waals surface area contributed by atoms with E-state index in [9.17, 15) is 26.4 Å². The lowest BCUT2D eigenvalue weighted by atomic mass is 9.86. The Hall–Kier alpha value is -2.87. The lowest BCUT2D eigenvalue weighted by Gasteiger charge is -2.28. The number of nitrogens with one attached hydrogen (secondary N) is 3. The van der Waals surface area contributed by atoms with Gasteiger partial charge in [-0.15, -0.1) is 12.3 Å². The molecule has 0 radical (unpaired) electrons. The van der Waals surface area contributed by atoms with Gasteiger partial charge in [-0.25, -0.2) is 13.1 Å². The number of hydrogen-bond donors (Lipinski definition) is 3. The zero-order valence-corrected chi connectivity index (χ0v) is 22.6. The molecular weight excluding hydrogens is 515 g/mol. The largest absolute Gasteiger partial charge is 0.416 e. The highest BCUT2D eigenvalue weighted by molar-refractivity contribution is 7.89. The van der Waals surface area contributed by atoms with Crippen LogP contribution in [0.5, 0.6) is 0 Å². The minimum atomic E-state index is -4.69. The van der Waals surface area contributed by atoms with Gasteiger partial charge in [0.2, 0.25) is 15.9 Å². The van der Waals surface area contributed by atoms with E-state index in [1.54, 1.807) is 0 Å². The fourth-order valence-electron chi connectivity index (χ4n) is 4.40. The van der Waals surface area contributed by atoms with Crippen molar-refractivity contribution in [3.8, 4) is 12.3 Å². The Kier molecular flexibility index (Phi) is 9.29. The van der Waals surface area contributed by atoms with Crippen LogP contribution in [-0.4, -0.2) is 25.9 Å². The van der Waals surface area contributed by atoms with E-state index < -0.39 is 38.6 Å². The molecule has 0 heterocycles. The fourth-order valence-corrected chi connectivity index (χ4v) is 5.68. The average Bonchev–Trinajstić information content (AvgIpc) is 2.82. The van der Waals surface area contributed by atoms with Crippen LogP contribution in [0.1, 0.15) is 74.8 Å². The first-order valence-corrected chi connectivity index (χ1v) is 14.0. The van der Waals surface area contributed by atoms with Gasteiger partial charge < -0.3 is 10.6 Å². The number of carbonyl (C=O) groups excluding carboxylic acids is 1. The Morgan fingerprint density at radius 2 is 1.89 bits per heavy atom. The summed E-state index contributed by atoms with van der Waals surface area (Å²) in [5.41, 5.74) is 2.26. The Balaban J connectivity index is 1.68. The van der Waals surface area contributed by atoms with E-state index in [1.807, 2.05) is 12.1 Å². The van der Waals surface area contributed by atoms with Gasteiger partial charge in [-0.1, -0.05) is 24.3 Å². The van der Waals surface area contributed by atoms with Crippen molar-refractivity contribution >= 4 is 15.9 Å². The van der Waals surface area contributed by atoms with Gasteiger partial charge in [0.25, 0.3) is 0 Å². The van der Waals surface area contributed by atoms with Crippen molar-refractivity contribution in [2.24, 2.45) is 0 Å². The first-order valence-electron chi connectivity index (χ1n) is 12.5. The number of rotatable bonds is 9. The Morgan fingerprint density at radius 3 is 2.55 bits per heavy atom. The summed E-state index contributed by atoms with van der Waals surface area (Å²) in [6, 6.07) is 8.44. The van der Waals surface area contributed by atoms with Gasteiger partial charge in [-0.05, 0) is 74.9 Å². The van der Waals surface area contributed by atoms with Crippen molar-refractivity contribution < 1.29 is 26.4 Å². The van der Waals surface area contributed by atoms with E-state index in [1.165, 1.54) is 5.56 Å². The molecule has 1 aliphatic rings. The van der Waals surface area contributed by atoms with Crippen molar-refractivity contribution in [3.63, 3.8) is 0 Å². The zero-order valence-electron chi connectivity index (χ0n) is 21.8. The molecule has 3 N–H and O–H groups in total. The number of sulfonamides is 1. The Bertz CT molecular complexity index is 1290. The molecule has 0 spiro atoms. The van der Waals surface area contributed by atoms with Crippen molar-refractivity contribution in [2.45, 2.75) is 88.1 Å². The molecule has 6 nitrogen and oxygen atoms in total. The normalized spacial score (nSPS) is 16.8. The lowest BCUT2D eigenvalue weighted by molar-refractivity contribution is -0.137. The summed E-state index contributed by atoms with van der Waals surface area (Å²) < 4.78 is 67.0.